The summed E-state index contributed by atoms with van der Waals surface area (Å²) in [5, 5.41) is 0. The van der Waals surface area contributed by atoms with Crippen molar-refractivity contribution in [3.8, 4) is 5.75 Å². The summed E-state index contributed by atoms with van der Waals surface area (Å²) in [7, 11) is 1.63. The van der Waals surface area contributed by atoms with Gasteiger partial charge < -0.3 is 9.47 Å². The number of hydrogen-bond donors (Lipinski definition) is 0. The summed E-state index contributed by atoms with van der Waals surface area (Å²) in [6.45, 7) is 5.49. The van der Waals surface area contributed by atoms with Crippen LogP contribution in [0.15, 0.2) is 65.1 Å². The maximum Gasteiger partial charge on any atom is 0.315 e. The summed E-state index contributed by atoms with van der Waals surface area (Å²) >= 11 is 0. The van der Waals surface area contributed by atoms with Crippen molar-refractivity contribution in [1.29, 1.82) is 0 Å². The van der Waals surface area contributed by atoms with Gasteiger partial charge in [-0.3, -0.25) is 19.6 Å². The van der Waals surface area contributed by atoms with E-state index in [1.54, 1.807) is 19.5 Å². The molecule has 0 saturated heterocycles. The molecule has 2 aliphatic rings. The number of Topliss-reactive ketones (excluding diaryl/α,β-unsaturated/α-hetero) is 1. The average Bonchev–Trinajstić information content (AvgIpc) is 2.78. The third kappa shape index (κ3) is 4.22. The smallest absolute Gasteiger partial charge is 0.315 e. The molecule has 0 fully saturated rings. The first kappa shape index (κ1) is 21.9. The number of aromatic nitrogens is 1. The molecule has 3 unspecified atom stereocenters. The fourth-order valence-corrected chi connectivity index (χ4v) is 4.70. The van der Waals surface area contributed by atoms with Crippen LogP contribution in [0.5, 0.6) is 5.75 Å². The number of nitrogens with zero attached hydrogens (tertiary/aromatic N) is 2. The van der Waals surface area contributed by atoms with E-state index in [-0.39, 0.29) is 23.8 Å². The zero-order valence-electron chi connectivity index (χ0n) is 18.9. The molecule has 0 radical (unpaired) electrons. The number of ether oxygens (including phenoxy) is 2. The Morgan fingerprint density at radius 3 is 2.47 bits per heavy atom. The molecule has 0 bridgehead atoms. The molecule has 6 heteroatoms. The number of rotatable bonds is 5. The van der Waals surface area contributed by atoms with E-state index in [1.807, 2.05) is 57.2 Å². The second-order valence-corrected chi connectivity index (χ2v) is 8.64. The monoisotopic (exact) mass is 432 g/mol. The van der Waals surface area contributed by atoms with Crippen molar-refractivity contribution in [1.82, 2.24) is 4.98 Å². The van der Waals surface area contributed by atoms with Crippen LogP contribution in [0.2, 0.25) is 0 Å². The Morgan fingerprint density at radius 1 is 1.09 bits per heavy atom. The van der Waals surface area contributed by atoms with Crippen LogP contribution in [0.1, 0.15) is 56.6 Å². The molecule has 0 spiro atoms. The summed E-state index contributed by atoms with van der Waals surface area (Å²) < 4.78 is 10.8. The van der Waals surface area contributed by atoms with Gasteiger partial charge in [-0.1, -0.05) is 18.2 Å². The van der Waals surface area contributed by atoms with E-state index in [0.29, 0.717) is 24.1 Å². The summed E-state index contributed by atoms with van der Waals surface area (Å²) in [6, 6.07) is 11.6. The Kier molecular flexibility index (Phi) is 6.21. The second kappa shape index (κ2) is 9.07. The van der Waals surface area contributed by atoms with E-state index < -0.39 is 11.8 Å². The van der Waals surface area contributed by atoms with Gasteiger partial charge in [-0.15, -0.1) is 0 Å². The summed E-state index contributed by atoms with van der Waals surface area (Å²) in [4.78, 5) is 35.6. The fourth-order valence-electron chi connectivity index (χ4n) is 4.70. The lowest BCUT2D eigenvalue weighted by atomic mass is 9.69. The van der Waals surface area contributed by atoms with Crippen LogP contribution in [0, 0.1) is 5.92 Å². The lowest BCUT2D eigenvalue weighted by Crippen LogP contribution is -2.38. The highest BCUT2D eigenvalue weighted by atomic mass is 16.5. The summed E-state index contributed by atoms with van der Waals surface area (Å²) in [5.41, 5.74) is 3.97. The van der Waals surface area contributed by atoms with Gasteiger partial charge >= 0.3 is 5.97 Å². The number of aliphatic imine (C=N–C) groups is 1. The van der Waals surface area contributed by atoms with Crippen molar-refractivity contribution < 1.29 is 19.1 Å². The largest absolute Gasteiger partial charge is 0.497 e. The molecular weight excluding hydrogens is 404 g/mol. The van der Waals surface area contributed by atoms with Gasteiger partial charge in [0.15, 0.2) is 5.78 Å². The average molecular weight is 433 g/mol. The first-order valence-corrected chi connectivity index (χ1v) is 10.9. The van der Waals surface area contributed by atoms with Crippen molar-refractivity contribution in [2.75, 3.05) is 7.11 Å². The first-order valence-electron chi connectivity index (χ1n) is 10.9. The van der Waals surface area contributed by atoms with Crippen LogP contribution < -0.4 is 4.74 Å². The number of allylic oxidation sites excluding steroid dienone is 2. The number of carbonyl (C=O) groups is 2. The quantitative estimate of drug-likeness (QED) is 0.645. The SMILES string of the molecule is COc1ccc(C2CC(=O)C3=C(C2)N=C(C)C(C(=O)OC(C)C)C3c2cccnc2)cc1. The van der Waals surface area contributed by atoms with Crippen molar-refractivity contribution in [2.24, 2.45) is 10.9 Å². The minimum absolute atomic E-state index is 0.0273. The minimum atomic E-state index is -0.637. The third-order valence-electron chi connectivity index (χ3n) is 6.13. The van der Waals surface area contributed by atoms with Crippen LogP contribution >= 0.6 is 0 Å². The van der Waals surface area contributed by atoms with Crippen LogP contribution in [0.25, 0.3) is 0 Å². The summed E-state index contributed by atoms with van der Waals surface area (Å²) in [5.74, 6) is -0.581. The van der Waals surface area contributed by atoms with E-state index in [2.05, 4.69) is 4.98 Å². The number of pyridine rings is 1. The van der Waals surface area contributed by atoms with Crippen molar-refractivity contribution in [3.05, 3.63) is 71.2 Å². The van der Waals surface area contributed by atoms with Crippen LogP contribution in [0.3, 0.4) is 0 Å². The van der Waals surface area contributed by atoms with E-state index in [0.717, 1.165) is 22.6 Å². The molecule has 4 rings (SSSR count). The van der Waals surface area contributed by atoms with Gasteiger partial charge in [0.2, 0.25) is 0 Å². The molecule has 2 aromatic rings. The maximum absolute atomic E-state index is 13.5. The number of carbonyl (C=O) groups excluding carboxylic acids is 2. The van der Waals surface area contributed by atoms with Gasteiger partial charge in [-0.05, 0) is 62.4 Å². The predicted octanol–water partition coefficient (Wildman–Crippen LogP) is 4.62. The first-order chi connectivity index (χ1) is 15.4. The molecule has 1 aromatic carbocycles. The number of hydrogen-bond acceptors (Lipinski definition) is 6. The molecule has 0 N–H and O–H groups in total. The molecule has 0 saturated carbocycles. The van der Waals surface area contributed by atoms with Crippen LogP contribution in [0.4, 0.5) is 0 Å². The number of esters is 1. The lowest BCUT2D eigenvalue weighted by Gasteiger charge is -2.36. The Labute approximate surface area is 188 Å². The topological polar surface area (TPSA) is 77.8 Å². The zero-order chi connectivity index (χ0) is 22.8. The van der Waals surface area contributed by atoms with Gasteiger partial charge in [0.25, 0.3) is 0 Å². The molecule has 2 heterocycles. The number of benzene rings is 1. The second-order valence-electron chi connectivity index (χ2n) is 8.64. The van der Waals surface area contributed by atoms with Gasteiger partial charge in [-0.25, -0.2) is 0 Å². The molecule has 32 heavy (non-hydrogen) atoms. The Hall–Kier alpha value is -3.28. The van der Waals surface area contributed by atoms with Crippen LogP contribution in [-0.2, 0) is 14.3 Å². The normalized spacial score (nSPS) is 23.0. The molecule has 6 nitrogen and oxygen atoms in total. The van der Waals surface area contributed by atoms with Gasteiger partial charge in [-0.2, -0.15) is 0 Å². The molecule has 1 aromatic heterocycles. The Morgan fingerprint density at radius 2 is 1.84 bits per heavy atom. The number of methoxy groups -OCH3 is 1. The van der Waals surface area contributed by atoms with E-state index in [9.17, 15) is 9.59 Å². The highest BCUT2D eigenvalue weighted by molar-refractivity contribution is 6.09. The fraction of sp³-hybridized carbons (Fsp3) is 0.385. The maximum atomic E-state index is 13.5. The molecule has 166 valence electrons. The van der Waals surface area contributed by atoms with Crippen LogP contribution in [-0.4, -0.2) is 35.7 Å². The highest BCUT2D eigenvalue weighted by Gasteiger charge is 2.45. The molecule has 1 aliphatic heterocycles. The van der Waals surface area contributed by atoms with Gasteiger partial charge in [0.1, 0.15) is 11.7 Å². The summed E-state index contributed by atoms with van der Waals surface area (Å²) in [6.07, 6.45) is 4.19. The van der Waals surface area contributed by atoms with Crippen molar-refractivity contribution in [3.63, 3.8) is 0 Å². The van der Waals surface area contributed by atoms with Gasteiger partial charge in [0.05, 0.1) is 13.2 Å². The zero-order valence-corrected chi connectivity index (χ0v) is 18.9. The van der Waals surface area contributed by atoms with Crippen molar-refractivity contribution in [2.45, 2.75) is 51.6 Å². The van der Waals surface area contributed by atoms with Gasteiger partial charge in [0, 0.05) is 41.7 Å². The predicted molar refractivity (Wildman–Crippen MR) is 122 cm³/mol. The molecule has 3 atom stereocenters. The third-order valence-corrected chi connectivity index (χ3v) is 6.13. The van der Waals surface area contributed by atoms with E-state index >= 15 is 0 Å². The molecule has 0 amide bonds. The Balaban J connectivity index is 1.75. The molecular formula is C26H28N2O4. The number of ketones is 1. The van der Waals surface area contributed by atoms with E-state index in [4.69, 9.17) is 14.5 Å². The molecule has 1 aliphatic carbocycles. The lowest BCUT2D eigenvalue weighted by molar-refractivity contribution is -0.150. The highest BCUT2D eigenvalue weighted by Crippen LogP contribution is 2.46. The van der Waals surface area contributed by atoms with Crippen molar-refractivity contribution >= 4 is 17.5 Å². The standard InChI is InChI=1S/C26H28N2O4/c1-15(2)32-26(30)23-16(3)28-21-12-19(17-7-9-20(31-4)10-8-17)13-22(29)25(21)24(23)18-6-5-11-27-14-18/h5-11,14-15,19,23-24H,12-13H2,1-4H3. The Bertz CT molecular complexity index is 1070. The van der Waals surface area contributed by atoms with E-state index in [1.165, 1.54) is 0 Å². The minimum Gasteiger partial charge on any atom is -0.497 e.